The molecule has 2 unspecified atom stereocenters. The molecule has 1 saturated carbocycles. The molecule has 2 aliphatic rings. The fourth-order valence-electron chi connectivity index (χ4n) is 5.99. The molecule has 2 atom stereocenters. The number of aromatic amines is 1. The van der Waals surface area contributed by atoms with Gasteiger partial charge in [0.15, 0.2) is 17.4 Å². The Labute approximate surface area is 250 Å². The van der Waals surface area contributed by atoms with E-state index in [1.165, 1.54) is 35.4 Å². The summed E-state index contributed by atoms with van der Waals surface area (Å²) in [6.45, 7) is 7.26. The number of carbonyl (C=O) groups is 2. The number of pyridine rings is 1. The number of H-pyrrole nitrogens is 1. The third kappa shape index (κ3) is 5.05. The van der Waals surface area contributed by atoms with Crippen molar-refractivity contribution in [1.29, 1.82) is 0 Å². The first-order valence-corrected chi connectivity index (χ1v) is 14.2. The number of rotatable bonds is 7. The van der Waals surface area contributed by atoms with Gasteiger partial charge in [0, 0.05) is 52.7 Å². The minimum Gasteiger partial charge on any atom is -0.489 e. The zero-order valence-electron chi connectivity index (χ0n) is 24.5. The molecule has 1 aliphatic heterocycles. The van der Waals surface area contributed by atoms with Gasteiger partial charge in [-0.1, -0.05) is 6.07 Å². The van der Waals surface area contributed by atoms with E-state index in [0.717, 1.165) is 12.1 Å². The molecule has 0 saturated heterocycles. The van der Waals surface area contributed by atoms with Crippen molar-refractivity contribution >= 4 is 23.7 Å². The Morgan fingerprint density at radius 2 is 1.95 bits per heavy atom. The van der Waals surface area contributed by atoms with Crippen LogP contribution in [0, 0.1) is 42.6 Å². The van der Waals surface area contributed by atoms with Crippen molar-refractivity contribution < 1.29 is 27.5 Å². The molecule has 1 aromatic carbocycles. The van der Waals surface area contributed by atoms with Crippen molar-refractivity contribution in [3.8, 4) is 17.0 Å². The molecule has 0 radical (unpaired) electrons. The molecular weight excluding hydrogens is 575 g/mol. The van der Waals surface area contributed by atoms with Crippen LogP contribution in [0.15, 0.2) is 41.7 Å². The maximum atomic E-state index is 15.3. The topological polar surface area (TPSA) is 127 Å². The number of hydrogen-bond donors (Lipinski definition) is 2. The number of amides is 2. The fourth-order valence-corrected chi connectivity index (χ4v) is 5.99. The van der Waals surface area contributed by atoms with Crippen LogP contribution in [0.2, 0.25) is 0 Å². The molecule has 1 fully saturated rings. The number of benzene rings is 1. The molecule has 228 valence electrons. The highest BCUT2D eigenvalue weighted by Gasteiger charge is 2.57. The number of hydrogen-bond acceptors (Lipinski definition) is 6. The van der Waals surface area contributed by atoms with Crippen molar-refractivity contribution in [1.82, 2.24) is 25.0 Å². The van der Waals surface area contributed by atoms with Crippen molar-refractivity contribution in [2.45, 2.75) is 52.5 Å². The van der Waals surface area contributed by atoms with E-state index in [-0.39, 0.29) is 35.5 Å². The first kappa shape index (κ1) is 29.3. The highest BCUT2D eigenvalue weighted by atomic mass is 19.2. The molecule has 1 aliphatic carbocycles. The second-order valence-electron chi connectivity index (χ2n) is 11.6. The number of anilines is 1. The third-order valence-electron chi connectivity index (χ3n) is 8.34. The van der Waals surface area contributed by atoms with E-state index >= 15 is 4.39 Å². The van der Waals surface area contributed by atoms with E-state index in [4.69, 9.17) is 4.74 Å². The summed E-state index contributed by atoms with van der Waals surface area (Å²) in [6, 6.07) is 4.94. The number of aromatic nitrogens is 5. The lowest BCUT2D eigenvalue weighted by Gasteiger charge is -2.37. The van der Waals surface area contributed by atoms with Crippen LogP contribution in [0.1, 0.15) is 66.1 Å². The minimum atomic E-state index is -1.15. The first-order valence-electron chi connectivity index (χ1n) is 14.2. The average molecular weight is 606 g/mol. The van der Waals surface area contributed by atoms with Gasteiger partial charge < -0.3 is 10.1 Å². The molecular formula is C31H30F3N7O3. The summed E-state index contributed by atoms with van der Waals surface area (Å²) in [5, 5.41) is 13.8. The van der Waals surface area contributed by atoms with Crippen LogP contribution in [-0.2, 0) is 4.79 Å². The summed E-state index contributed by atoms with van der Waals surface area (Å²) >= 11 is 0. The zero-order valence-corrected chi connectivity index (χ0v) is 24.5. The van der Waals surface area contributed by atoms with E-state index in [1.54, 1.807) is 13.8 Å². The van der Waals surface area contributed by atoms with E-state index in [1.807, 2.05) is 13.8 Å². The predicted octanol–water partition coefficient (Wildman–Crippen LogP) is 5.71. The van der Waals surface area contributed by atoms with Gasteiger partial charge in [0.1, 0.15) is 11.4 Å². The van der Waals surface area contributed by atoms with E-state index < -0.39 is 46.5 Å². The highest BCUT2D eigenvalue weighted by Crippen LogP contribution is 2.62. The Kier molecular flexibility index (Phi) is 7.34. The maximum absolute atomic E-state index is 15.3. The smallest absolute Gasteiger partial charge is 0.294 e. The van der Waals surface area contributed by atoms with E-state index in [9.17, 15) is 18.4 Å². The van der Waals surface area contributed by atoms with Gasteiger partial charge in [-0.2, -0.15) is 14.6 Å². The van der Waals surface area contributed by atoms with Gasteiger partial charge in [0.2, 0.25) is 11.7 Å². The standard InChI is InChI=1S/C31H30F3N7O3/c1-15(2)41-23(7-10-37-41)30(43)36-13-20(25-19-5-6-21(32)26(34)28(19)44-14-31(25)8-9-31)29(42)38-18-11-22(33)27(35-12-18)24-16(3)39-40-17(24)4/h5-7,10-13,15,20,25H,8-9,14H2,1-4H3,(H,38,42)(H,39,40). The summed E-state index contributed by atoms with van der Waals surface area (Å²) in [5.74, 6) is -6.27. The van der Waals surface area contributed by atoms with Crippen molar-refractivity contribution in [3.05, 3.63) is 76.8 Å². The minimum absolute atomic E-state index is 0.0605. The largest absolute Gasteiger partial charge is 0.489 e. The second-order valence-corrected chi connectivity index (χ2v) is 11.6. The van der Waals surface area contributed by atoms with Gasteiger partial charge in [0.25, 0.3) is 5.91 Å². The number of nitrogens with one attached hydrogen (secondary N) is 2. The molecule has 2 amide bonds. The van der Waals surface area contributed by atoms with Crippen LogP contribution in [0.25, 0.3) is 11.3 Å². The molecule has 6 rings (SSSR count). The maximum Gasteiger partial charge on any atom is 0.294 e. The number of fused-ring (bicyclic) bond motifs is 1. The number of nitrogens with zero attached hydrogens (tertiary/aromatic N) is 5. The van der Waals surface area contributed by atoms with Crippen LogP contribution < -0.4 is 10.1 Å². The summed E-state index contributed by atoms with van der Waals surface area (Å²) in [5.41, 5.74) is 1.84. The molecule has 13 heteroatoms. The molecule has 2 N–H and O–H groups in total. The average Bonchev–Trinajstić information content (AvgIpc) is 3.41. The zero-order chi connectivity index (χ0) is 31.3. The van der Waals surface area contributed by atoms with Crippen molar-refractivity contribution in [2.75, 3.05) is 11.9 Å². The molecule has 10 nitrogen and oxygen atoms in total. The van der Waals surface area contributed by atoms with Crippen molar-refractivity contribution in [3.63, 3.8) is 0 Å². The predicted molar refractivity (Wildman–Crippen MR) is 155 cm³/mol. The van der Waals surface area contributed by atoms with Gasteiger partial charge in [-0.15, -0.1) is 0 Å². The quantitative estimate of drug-likeness (QED) is 0.260. The molecule has 4 aromatic rings. The Balaban J connectivity index is 1.38. The van der Waals surface area contributed by atoms with Gasteiger partial charge >= 0.3 is 0 Å². The number of aliphatic imine (C=N–C) groups is 1. The monoisotopic (exact) mass is 605 g/mol. The van der Waals surface area contributed by atoms with Gasteiger partial charge in [-0.25, -0.2) is 13.8 Å². The first-order chi connectivity index (χ1) is 21.0. The number of ether oxygens (including phenoxy) is 1. The third-order valence-corrected chi connectivity index (χ3v) is 8.34. The second kappa shape index (κ2) is 11.0. The molecule has 3 aromatic heterocycles. The molecule has 0 bridgehead atoms. The van der Waals surface area contributed by atoms with Crippen LogP contribution >= 0.6 is 0 Å². The van der Waals surface area contributed by atoms with E-state index in [2.05, 4.69) is 30.6 Å². The van der Waals surface area contributed by atoms with Gasteiger partial charge in [0.05, 0.1) is 30.1 Å². The number of halogens is 3. The Bertz CT molecular complexity index is 1790. The van der Waals surface area contributed by atoms with Gasteiger partial charge in [-0.3, -0.25) is 24.4 Å². The van der Waals surface area contributed by atoms with Crippen LogP contribution in [0.4, 0.5) is 18.9 Å². The van der Waals surface area contributed by atoms with Crippen LogP contribution in [-0.4, -0.2) is 49.6 Å². The lowest BCUT2D eigenvalue weighted by Crippen LogP contribution is -2.39. The summed E-state index contributed by atoms with van der Waals surface area (Å²) in [7, 11) is 0. The lowest BCUT2D eigenvalue weighted by atomic mass is 9.73. The van der Waals surface area contributed by atoms with Crippen LogP contribution in [0.5, 0.6) is 5.75 Å². The summed E-state index contributed by atoms with van der Waals surface area (Å²) in [4.78, 5) is 35.6. The Morgan fingerprint density at radius 1 is 1.18 bits per heavy atom. The summed E-state index contributed by atoms with van der Waals surface area (Å²) in [6.07, 6.45) is 5.36. The fraction of sp³-hybridized carbons (Fsp3) is 0.355. The summed E-state index contributed by atoms with van der Waals surface area (Å²) < 4.78 is 51.5. The van der Waals surface area contributed by atoms with Gasteiger partial charge in [-0.05, 0) is 52.7 Å². The highest BCUT2D eigenvalue weighted by molar-refractivity contribution is 6.07. The normalized spacial score (nSPS) is 17.5. The molecule has 44 heavy (non-hydrogen) atoms. The Morgan fingerprint density at radius 3 is 2.61 bits per heavy atom. The Hall–Kier alpha value is -4.81. The number of carbonyl (C=O) groups excluding carboxylic acids is 2. The van der Waals surface area contributed by atoms with E-state index in [0.29, 0.717) is 35.4 Å². The molecule has 4 heterocycles. The SMILES string of the molecule is Cc1n[nH]c(C)c1-c1ncc(NC(=O)C(C=NC(=O)c2ccnn2C(C)C)C2c3ccc(F)c(F)c3OCC23CC3)cc1F. The molecule has 1 spiro atoms. The van der Waals surface area contributed by atoms with Crippen molar-refractivity contribution in [2.24, 2.45) is 16.3 Å². The van der Waals surface area contributed by atoms with Crippen LogP contribution in [0.3, 0.4) is 0 Å². The number of aryl methyl sites for hydroxylation is 2. The lowest BCUT2D eigenvalue weighted by molar-refractivity contribution is -0.119.